The number of halogens is 1. The topological polar surface area (TPSA) is 64.8 Å². The van der Waals surface area contributed by atoms with Gasteiger partial charge in [-0.05, 0) is 42.5 Å². The minimum atomic E-state index is -3.82. The van der Waals surface area contributed by atoms with Crippen molar-refractivity contribution in [1.29, 1.82) is 0 Å². The molecule has 0 spiro atoms. The zero-order chi connectivity index (χ0) is 17.4. The van der Waals surface area contributed by atoms with Gasteiger partial charge in [0.2, 0.25) is 9.84 Å². The van der Waals surface area contributed by atoms with E-state index in [2.05, 4.69) is 9.97 Å². The van der Waals surface area contributed by atoms with Crippen molar-refractivity contribution in [3.8, 4) is 5.69 Å². The van der Waals surface area contributed by atoms with Crippen LogP contribution in [0.2, 0.25) is 5.02 Å². The van der Waals surface area contributed by atoms with Crippen molar-refractivity contribution in [1.82, 2.24) is 14.5 Å². The van der Waals surface area contributed by atoms with Gasteiger partial charge in [-0.3, -0.25) is 0 Å². The Bertz CT molecular complexity index is 1150. The fourth-order valence-electron chi connectivity index (χ4n) is 2.55. The number of para-hydroxylation sites is 1. The van der Waals surface area contributed by atoms with Crippen LogP contribution < -0.4 is 0 Å². The summed E-state index contributed by atoms with van der Waals surface area (Å²) in [7, 11) is -3.82. The minimum Gasteiger partial charge on any atom is -0.301 e. The van der Waals surface area contributed by atoms with Crippen molar-refractivity contribution in [2.24, 2.45) is 0 Å². The number of nitrogens with zero attached hydrogens (tertiary/aromatic N) is 3. The molecule has 0 amide bonds. The number of aromatic nitrogens is 3. The van der Waals surface area contributed by atoms with E-state index in [1.54, 1.807) is 0 Å². The molecule has 4 aromatic rings. The van der Waals surface area contributed by atoms with Gasteiger partial charge in [0.25, 0.3) is 5.16 Å². The SMILES string of the molecule is O=S(=O)(c1ccc(Cl)cc1)c1ncc2ccn(-c3ccccc3)c2n1. The Labute approximate surface area is 149 Å². The summed E-state index contributed by atoms with van der Waals surface area (Å²) < 4.78 is 27.4. The van der Waals surface area contributed by atoms with E-state index < -0.39 is 9.84 Å². The molecular formula is C18H12ClN3O2S. The molecule has 0 aliphatic heterocycles. The molecule has 25 heavy (non-hydrogen) atoms. The quantitative estimate of drug-likeness (QED) is 0.513. The van der Waals surface area contributed by atoms with Crippen LogP contribution in [-0.4, -0.2) is 23.0 Å². The average Bonchev–Trinajstić information content (AvgIpc) is 3.06. The third-order valence-corrected chi connectivity index (χ3v) is 5.63. The van der Waals surface area contributed by atoms with E-state index in [0.717, 1.165) is 11.1 Å². The molecule has 0 saturated heterocycles. The second kappa shape index (κ2) is 5.98. The van der Waals surface area contributed by atoms with Gasteiger partial charge < -0.3 is 4.57 Å². The Balaban J connectivity index is 1.88. The van der Waals surface area contributed by atoms with Crippen molar-refractivity contribution in [2.45, 2.75) is 10.1 Å². The van der Waals surface area contributed by atoms with Crippen LogP contribution >= 0.6 is 11.6 Å². The average molecular weight is 370 g/mol. The molecule has 0 unspecified atom stereocenters. The van der Waals surface area contributed by atoms with Crippen LogP contribution in [0.3, 0.4) is 0 Å². The molecule has 0 fully saturated rings. The molecule has 0 aliphatic rings. The number of rotatable bonds is 3. The summed E-state index contributed by atoms with van der Waals surface area (Å²) >= 11 is 5.83. The summed E-state index contributed by atoms with van der Waals surface area (Å²) in [5.74, 6) is 0. The molecular weight excluding hydrogens is 358 g/mol. The van der Waals surface area contributed by atoms with Gasteiger partial charge in [0.1, 0.15) is 5.65 Å². The molecule has 2 heterocycles. The standard InChI is InChI=1S/C18H12ClN3O2S/c19-14-6-8-16(9-7-14)25(23,24)18-20-12-13-10-11-22(17(13)21-18)15-4-2-1-3-5-15/h1-12H. The Hall–Kier alpha value is -2.70. The van der Waals surface area contributed by atoms with Crippen molar-refractivity contribution in [3.05, 3.63) is 78.1 Å². The molecule has 0 saturated carbocycles. The highest BCUT2D eigenvalue weighted by Crippen LogP contribution is 2.23. The largest absolute Gasteiger partial charge is 0.301 e. The highest BCUT2D eigenvalue weighted by Gasteiger charge is 2.22. The first-order valence-corrected chi connectivity index (χ1v) is 9.32. The fourth-order valence-corrected chi connectivity index (χ4v) is 3.78. The number of hydrogen-bond donors (Lipinski definition) is 0. The Morgan fingerprint density at radius 1 is 0.920 bits per heavy atom. The van der Waals surface area contributed by atoms with Crippen LogP contribution in [0.5, 0.6) is 0 Å². The summed E-state index contributed by atoms with van der Waals surface area (Å²) in [6, 6.07) is 17.4. The maximum Gasteiger partial charge on any atom is 0.254 e. The molecule has 0 radical (unpaired) electrons. The van der Waals surface area contributed by atoms with Gasteiger partial charge in [0.15, 0.2) is 0 Å². The Morgan fingerprint density at radius 2 is 1.64 bits per heavy atom. The zero-order valence-corrected chi connectivity index (χ0v) is 14.4. The van der Waals surface area contributed by atoms with Crippen LogP contribution in [0.25, 0.3) is 16.7 Å². The van der Waals surface area contributed by atoms with E-state index in [9.17, 15) is 8.42 Å². The predicted molar refractivity (Wildman–Crippen MR) is 95.8 cm³/mol. The lowest BCUT2D eigenvalue weighted by atomic mass is 10.3. The van der Waals surface area contributed by atoms with Gasteiger partial charge in [-0.1, -0.05) is 29.8 Å². The van der Waals surface area contributed by atoms with E-state index in [1.165, 1.54) is 30.5 Å². The smallest absolute Gasteiger partial charge is 0.254 e. The summed E-state index contributed by atoms with van der Waals surface area (Å²) in [5, 5.41) is 0.991. The highest BCUT2D eigenvalue weighted by atomic mass is 35.5. The lowest BCUT2D eigenvalue weighted by Crippen LogP contribution is -2.08. The molecule has 7 heteroatoms. The molecule has 5 nitrogen and oxygen atoms in total. The van der Waals surface area contributed by atoms with Crippen LogP contribution in [0, 0.1) is 0 Å². The van der Waals surface area contributed by atoms with E-state index >= 15 is 0 Å². The zero-order valence-electron chi connectivity index (χ0n) is 12.9. The van der Waals surface area contributed by atoms with E-state index in [-0.39, 0.29) is 10.1 Å². The van der Waals surface area contributed by atoms with Gasteiger partial charge in [0, 0.05) is 28.5 Å². The van der Waals surface area contributed by atoms with Crippen molar-refractivity contribution in [3.63, 3.8) is 0 Å². The van der Waals surface area contributed by atoms with Crippen molar-refractivity contribution >= 4 is 32.5 Å². The number of fused-ring (bicyclic) bond motifs is 1. The van der Waals surface area contributed by atoms with Gasteiger partial charge in [-0.15, -0.1) is 0 Å². The summed E-state index contributed by atoms with van der Waals surface area (Å²) in [4.78, 5) is 8.46. The van der Waals surface area contributed by atoms with Crippen LogP contribution in [0.1, 0.15) is 0 Å². The molecule has 2 aromatic carbocycles. The van der Waals surface area contributed by atoms with Crippen LogP contribution in [0.4, 0.5) is 0 Å². The molecule has 0 N–H and O–H groups in total. The first kappa shape index (κ1) is 15.8. The summed E-state index contributed by atoms with van der Waals surface area (Å²) in [6.07, 6.45) is 3.36. The second-order valence-corrected chi connectivity index (χ2v) is 7.69. The molecule has 2 aromatic heterocycles. The maximum absolute atomic E-state index is 12.8. The fraction of sp³-hybridized carbons (Fsp3) is 0. The van der Waals surface area contributed by atoms with Gasteiger partial charge in [-0.25, -0.2) is 13.4 Å². The highest BCUT2D eigenvalue weighted by molar-refractivity contribution is 7.91. The van der Waals surface area contributed by atoms with E-state index in [1.807, 2.05) is 47.2 Å². The third kappa shape index (κ3) is 2.79. The normalized spacial score (nSPS) is 11.7. The molecule has 4 rings (SSSR count). The summed E-state index contributed by atoms with van der Waals surface area (Å²) in [6.45, 7) is 0. The molecule has 0 bridgehead atoms. The number of benzene rings is 2. The molecule has 0 aliphatic carbocycles. The lowest BCUT2D eigenvalue weighted by Gasteiger charge is -2.06. The summed E-state index contributed by atoms with van der Waals surface area (Å²) in [5.41, 5.74) is 1.43. The van der Waals surface area contributed by atoms with Crippen LogP contribution in [0.15, 0.2) is 83.1 Å². The molecule has 0 atom stereocenters. The van der Waals surface area contributed by atoms with Gasteiger partial charge in [0.05, 0.1) is 4.90 Å². The lowest BCUT2D eigenvalue weighted by molar-refractivity contribution is 0.587. The predicted octanol–water partition coefficient (Wildman–Crippen LogP) is 3.91. The Kier molecular flexibility index (Phi) is 3.78. The maximum atomic E-state index is 12.8. The van der Waals surface area contributed by atoms with Gasteiger partial charge in [-0.2, -0.15) is 4.98 Å². The first-order chi connectivity index (χ1) is 12.1. The molecule has 124 valence electrons. The number of hydrogen-bond acceptors (Lipinski definition) is 4. The van der Waals surface area contributed by atoms with Crippen LogP contribution in [-0.2, 0) is 9.84 Å². The van der Waals surface area contributed by atoms with E-state index in [4.69, 9.17) is 11.6 Å². The second-order valence-electron chi connectivity index (χ2n) is 5.41. The van der Waals surface area contributed by atoms with Crippen molar-refractivity contribution in [2.75, 3.05) is 0 Å². The van der Waals surface area contributed by atoms with Gasteiger partial charge >= 0.3 is 0 Å². The van der Waals surface area contributed by atoms with E-state index in [0.29, 0.717) is 10.7 Å². The Morgan fingerprint density at radius 3 is 2.36 bits per heavy atom. The first-order valence-electron chi connectivity index (χ1n) is 7.46. The minimum absolute atomic E-state index is 0.106. The third-order valence-electron chi connectivity index (χ3n) is 3.80. The monoisotopic (exact) mass is 369 g/mol. The number of sulfone groups is 1. The van der Waals surface area contributed by atoms with Crippen molar-refractivity contribution < 1.29 is 8.42 Å².